The molecule has 0 aliphatic carbocycles. The van der Waals surface area contributed by atoms with Crippen molar-refractivity contribution in [3.8, 4) is 0 Å². The summed E-state index contributed by atoms with van der Waals surface area (Å²) in [7, 11) is 0. The standard InChI is InChI=1S/C19H24F2N2O/c1-2-15-11-16(24-22-15)13-23-10-4-5-14(12-23)8-9-17-18(20)6-3-7-19(17)21/h3,6-7,11,14H,2,4-5,8-10,12-13H2,1H3. The molecule has 0 amide bonds. The van der Waals surface area contributed by atoms with Crippen molar-refractivity contribution >= 4 is 0 Å². The molecule has 3 nitrogen and oxygen atoms in total. The van der Waals surface area contributed by atoms with Gasteiger partial charge in [-0.2, -0.15) is 0 Å². The summed E-state index contributed by atoms with van der Waals surface area (Å²) in [6, 6.07) is 6.10. The third kappa shape index (κ3) is 4.20. The lowest BCUT2D eigenvalue weighted by molar-refractivity contribution is 0.147. The van der Waals surface area contributed by atoms with E-state index in [1.54, 1.807) is 0 Å². The quantitative estimate of drug-likeness (QED) is 0.786. The van der Waals surface area contributed by atoms with E-state index in [2.05, 4.69) is 17.0 Å². The second kappa shape index (κ2) is 7.88. The lowest BCUT2D eigenvalue weighted by Gasteiger charge is -2.32. The number of nitrogens with zero attached hydrogens (tertiary/aromatic N) is 2. The summed E-state index contributed by atoms with van der Waals surface area (Å²) in [4.78, 5) is 2.35. The van der Waals surface area contributed by atoms with Crippen molar-refractivity contribution in [3.63, 3.8) is 0 Å². The third-order valence-electron chi connectivity index (χ3n) is 4.82. The monoisotopic (exact) mass is 334 g/mol. The molecule has 5 heteroatoms. The normalized spacial score (nSPS) is 18.9. The van der Waals surface area contributed by atoms with E-state index in [1.807, 2.05) is 6.07 Å². The number of rotatable bonds is 6. The molecule has 2 aromatic rings. The minimum atomic E-state index is -0.434. The molecular weight excluding hydrogens is 310 g/mol. The molecule has 1 fully saturated rings. The van der Waals surface area contributed by atoms with Gasteiger partial charge >= 0.3 is 0 Å². The summed E-state index contributed by atoms with van der Waals surface area (Å²) >= 11 is 0. The van der Waals surface area contributed by atoms with Crippen LogP contribution in [0.1, 0.15) is 43.2 Å². The third-order valence-corrected chi connectivity index (χ3v) is 4.82. The van der Waals surface area contributed by atoms with Crippen LogP contribution in [-0.4, -0.2) is 23.1 Å². The van der Waals surface area contributed by atoms with E-state index < -0.39 is 11.6 Å². The summed E-state index contributed by atoms with van der Waals surface area (Å²) < 4.78 is 32.8. The number of hydrogen-bond acceptors (Lipinski definition) is 3. The maximum Gasteiger partial charge on any atom is 0.150 e. The van der Waals surface area contributed by atoms with Gasteiger partial charge < -0.3 is 4.52 Å². The predicted octanol–water partition coefficient (Wildman–Crippen LogP) is 4.36. The molecule has 1 aromatic carbocycles. The number of aromatic nitrogens is 1. The van der Waals surface area contributed by atoms with Crippen LogP contribution < -0.4 is 0 Å². The smallest absolute Gasteiger partial charge is 0.150 e. The van der Waals surface area contributed by atoms with Gasteiger partial charge in [-0.05, 0) is 56.7 Å². The molecule has 2 heterocycles. The van der Waals surface area contributed by atoms with E-state index >= 15 is 0 Å². The first-order valence-electron chi connectivity index (χ1n) is 8.75. The summed E-state index contributed by atoms with van der Waals surface area (Å²) in [5.41, 5.74) is 1.20. The number of likely N-dealkylation sites (tertiary alicyclic amines) is 1. The highest BCUT2D eigenvalue weighted by Gasteiger charge is 2.22. The minimum absolute atomic E-state index is 0.220. The summed E-state index contributed by atoms with van der Waals surface area (Å²) in [6.07, 6.45) is 4.37. The van der Waals surface area contributed by atoms with Crippen LogP contribution >= 0.6 is 0 Å². The Balaban J connectivity index is 1.53. The number of piperidine rings is 1. The largest absolute Gasteiger partial charge is 0.360 e. The van der Waals surface area contributed by atoms with Crippen molar-refractivity contribution in [1.82, 2.24) is 10.1 Å². The van der Waals surface area contributed by atoms with Gasteiger partial charge in [0.05, 0.1) is 12.2 Å². The van der Waals surface area contributed by atoms with Gasteiger partial charge in [0.15, 0.2) is 5.76 Å². The zero-order valence-corrected chi connectivity index (χ0v) is 14.1. The molecule has 1 saturated heterocycles. The molecule has 0 radical (unpaired) electrons. The van der Waals surface area contributed by atoms with E-state index in [0.717, 1.165) is 56.8 Å². The van der Waals surface area contributed by atoms with E-state index in [1.165, 1.54) is 18.2 Å². The molecule has 1 aromatic heterocycles. The molecule has 0 saturated carbocycles. The van der Waals surface area contributed by atoms with Crippen LogP contribution in [0.3, 0.4) is 0 Å². The lowest BCUT2D eigenvalue weighted by atomic mass is 9.91. The Morgan fingerprint density at radius 3 is 2.79 bits per heavy atom. The van der Waals surface area contributed by atoms with Gasteiger partial charge in [-0.3, -0.25) is 4.90 Å². The summed E-state index contributed by atoms with van der Waals surface area (Å²) in [6.45, 7) is 4.79. The Labute approximate surface area is 141 Å². The van der Waals surface area contributed by atoms with Crippen molar-refractivity contribution < 1.29 is 13.3 Å². The zero-order chi connectivity index (χ0) is 16.9. The highest BCUT2D eigenvalue weighted by Crippen LogP contribution is 2.24. The van der Waals surface area contributed by atoms with Gasteiger partial charge in [0, 0.05) is 18.2 Å². The van der Waals surface area contributed by atoms with Gasteiger partial charge in [-0.1, -0.05) is 18.1 Å². The lowest BCUT2D eigenvalue weighted by Crippen LogP contribution is -2.35. The van der Waals surface area contributed by atoms with Gasteiger partial charge in [0.2, 0.25) is 0 Å². The number of benzene rings is 1. The number of hydrogen-bond donors (Lipinski definition) is 0. The highest BCUT2D eigenvalue weighted by atomic mass is 19.1. The Bertz CT molecular complexity index is 651. The fraction of sp³-hybridized carbons (Fsp3) is 0.526. The van der Waals surface area contributed by atoms with Crippen molar-refractivity contribution in [2.24, 2.45) is 5.92 Å². The average Bonchev–Trinajstić information content (AvgIpc) is 3.02. The van der Waals surface area contributed by atoms with Crippen molar-refractivity contribution in [3.05, 3.63) is 52.9 Å². The van der Waals surface area contributed by atoms with Crippen LogP contribution in [0.25, 0.3) is 0 Å². The highest BCUT2D eigenvalue weighted by molar-refractivity contribution is 5.19. The molecule has 0 N–H and O–H groups in total. The minimum Gasteiger partial charge on any atom is -0.360 e. The molecule has 0 spiro atoms. The topological polar surface area (TPSA) is 29.3 Å². The number of halogens is 2. The summed E-state index contributed by atoms with van der Waals surface area (Å²) in [5.74, 6) is 0.492. The van der Waals surface area contributed by atoms with Crippen LogP contribution in [0.2, 0.25) is 0 Å². The van der Waals surface area contributed by atoms with E-state index in [0.29, 0.717) is 12.3 Å². The Kier molecular flexibility index (Phi) is 5.61. The van der Waals surface area contributed by atoms with Crippen LogP contribution in [0, 0.1) is 17.6 Å². The molecular formula is C19H24F2N2O. The van der Waals surface area contributed by atoms with Crippen LogP contribution in [0.5, 0.6) is 0 Å². The van der Waals surface area contributed by atoms with Crippen LogP contribution in [0.15, 0.2) is 28.8 Å². The Morgan fingerprint density at radius 1 is 1.29 bits per heavy atom. The molecule has 130 valence electrons. The molecule has 3 rings (SSSR count). The van der Waals surface area contributed by atoms with Gasteiger partial charge in [-0.15, -0.1) is 0 Å². The molecule has 1 unspecified atom stereocenters. The first kappa shape index (κ1) is 17.1. The maximum absolute atomic E-state index is 13.7. The summed E-state index contributed by atoms with van der Waals surface area (Å²) in [5, 5.41) is 4.03. The first-order chi connectivity index (χ1) is 11.7. The first-order valence-corrected chi connectivity index (χ1v) is 8.75. The SMILES string of the molecule is CCc1cc(CN2CCCC(CCc3c(F)cccc3F)C2)on1. The molecule has 1 atom stereocenters. The zero-order valence-electron chi connectivity index (χ0n) is 14.1. The number of aryl methyl sites for hydroxylation is 1. The maximum atomic E-state index is 13.7. The van der Waals surface area contributed by atoms with Crippen LogP contribution in [0.4, 0.5) is 8.78 Å². The Morgan fingerprint density at radius 2 is 2.08 bits per heavy atom. The fourth-order valence-corrected chi connectivity index (χ4v) is 3.47. The molecule has 24 heavy (non-hydrogen) atoms. The van der Waals surface area contributed by atoms with Gasteiger partial charge in [0.1, 0.15) is 11.6 Å². The van der Waals surface area contributed by atoms with Crippen molar-refractivity contribution in [2.45, 2.75) is 45.6 Å². The van der Waals surface area contributed by atoms with E-state index in [9.17, 15) is 8.78 Å². The van der Waals surface area contributed by atoms with Gasteiger partial charge in [-0.25, -0.2) is 8.78 Å². The average molecular weight is 334 g/mol. The van der Waals surface area contributed by atoms with Crippen molar-refractivity contribution in [2.75, 3.05) is 13.1 Å². The predicted molar refractivity (Wildman–Crippen MR) is 88.6 cm³/mol. The van der Waals surface area contributed by atoms with Crippen molar-refractivity contribution in [1.29, 1.82) is 0 Å². The van der Waals surface area contributed by atoms with E-state index in [-0.39, 0.29) is 5.56 Å². The Hall–Kier alpha value is -1.75. The second-order valence-corrected chi connectivity index (χ2v) is 6.62. The van der Waals surface area contributed by atoms with Gasteiger partial charge in [0.25, 0.3) is 0 Å². The van der Waals surface area contributed by atoms with E-state index in [4.69, 9.17) is 4.52 Å². The fourth-order valence-electron chi connectivity index (χ4n) is 3.47. The second-order valence-electron chi connectivity index (χ2n) is 6.62. The molecule has 1 aliphatic heterocycles. The molecule has 0 bridgehead atoms. The molecule has 1 aliphatic rings. The van der Waals surface area contributed by atoms with Crippen LogP contribution in [-0.2, 0) is 19.4 Å².